The lowest BCUT2D eigenvalue weighted by Gasteiger charge is -2.18. The SMILES string of the molecule is CCCCCC/C=C\CCCCCCCC(=O)OC(COC(=O)CCCCCCC)COC(=O)CCCCCCCCCCCCCCCCCCCCC. The van der Waals surface area contributed by atoms with E-state index in [1.807, 2.05) is 0 Å². The third kappa shape index (κ3) is 43.1. The zero-order valence-corrected chi connectivity index (χ0v) is 37.0. The molecule has 0 aliphatic carbocycles. The number of allylic oxidation sites excluding steroid dienone is 2. The molecule has 0 heterocycles. The second kappa shape index (κ2) is 44.9. The first-order chi connectivity index (χ1) is 27.0. The quantitative estimate of drug-likeness (QED) is 0.0265. The average molecular weight is 777 g/mol. The molecule has 1 unspecified atom stereocenters. The molecule has 0 aromatic carbocycles. The summed E-state index contributed by atoms with van der Waals surface area (Å²) in [5.41, 5.74) is 0. The van der Waals surface area contributed by atoms with Crippen molar-refractivity contribution in [1.29, 1.82) is 0 Å². The van der Waals surface area contributed by atoms with E-state index in [9.17, 15) is 14.4 Å². The fraction of sp³-hybridized carbons (Fsp3) is 0.898. The van der Waals surface area contributed by atoms with E-state index in [2.05, 4.69) is 32.9 Å². The molecule has 0 aliphatic heterocycles. The lowest BCUT2D eigenvalue weighted by molar-refractivity contribution is -0.167. The predicted octanol–water partition coefficient (Wildman–Crippen LogP) is 15.4. The van der Waals surface area contributed by atoms with Gasteiger partial charge in [-0.25, -0.2) is 0 Å². The number of carbonyl (C=O) groups is 3. The van der Waals surface area contributed by atoms with Gasteiger partial charge in [-0.3, -0.25) is 14.4 Å². The van der Waals surface area contributed by atoms with E-state index in [1.165, 1.54) is 154 Å². The van der Waals surface area contributed by atoms with Gasteiger partial charge in [0.25, 0.3) is 0 Å². The number of esters is 3. The highest BCUT2D eigenvalue weighted by Gasteiger charge is 2.19. The highest BCUT2D eigenvalue weighted by atomic mass is 16.6. The van der Waals surface area contributed by atoms with Crippen molar-refractivity contribution in [3.63, 3.8) is 0 Å². The molecule has 1 atom stereocenters. The van der Waals surface area contributed by atoms with Crippen LogP contribution in [0.15, 0.2) is 12.2 Å². The van der Waals surface area contributed by atoms with Gasteiger partial charge in [0.1, 0.15) is 13.2 Å². The van der Waals surface area contributed by atoms with Crippen LogP contribution < -0.4 is 0 Å². The van der Waals surface area contributed by atoms with Crippen LogP contribution in [0.3, 0.4) is 0 Å². The van der Waals surface area contributed by atoms with Crippen molar-refractivity contribution in [3.05, 3.63) is 12.2 Å². The topological polar surface area (TPSA) is 78.9 Å². The molecule has 0 N–H and O–H groups in total. The summed E-state index contributed by atoms with van der Waals surface area (Å²) < 4.78 is 16.6. The Labute approximate surface area is 341 Å². The standard InChI is InChI=1S/C49H92O6/c1-4-7-10-13-15-17-19-21-22-23-24-25-26-28-29-31-33-36-39-42-48(51)54-45-46(44-53-47(50)41-38-35-12-9-6-3)55-49(52)43-40-37-34-32-30-27-20-18-16-14-11-8-5-2/h18,20,46H,4-17,19,21-45H2,1-3H3/b20-18-. The Bertz CT molecular complexity index is 854. The van der Waals surface area contributed by atoms with Crippen LogP contribution in [0.2, 0.25) is 0 Å². The molecule has 0 bridgehead atoms. The number of rotatable bonds is 44. The van der Waals surface area contributed by atoms with Crippen LogP contribution in [0.4, 0.5) is 0 Å². The van der Waals surface area contributed by atoms with Gasteiger partial charge < -0.3 is 14.2 Å². The molecular formula is C49H92O6. The fourth-order valence-electron chi connectivity index (χ4n) is 7.08. The lowest BCUT2D eigenvalue weighted by Crippen LogP contribution is -2.30. The molecule has 0 fully saturated rings. The minimum atomic E-state index is -0.764. The largest absolute Gasteiger partial charge is 0.462 e. The molecule has 0 spiro atoms. The summed E-state index contributed by atoms with van der Waals surface area (Å²) in [5.74, 6) is -0.882. The van der Waals surface area contributed by atoms with Crippen LogP contribution in [0.5, 0.6) is 0 Å². The normalized spacial score (nSPS) is 12.0. The number of unbranched alkanes of at least 4 members (excludes halogenated alkanes) is 31. The first-order valence-corrected chi connectivity index (χ1v) is 24.2. The molecule has 0 saturated carbocycles. The smallest absolute Gasteiger partial charge is 0.306 e. The monoisotopic (exact) mass is 777 g/mol. The van der Waals surface area contributed by atoms with Crippen LogP contribution in [0.1, 0.15) is 265 Å². The van der Waals surface area contributed by atoms with Gasteiger partial charge in [0.2, 0.25) is 0 Å². The molecular weight excluding hydrogens is 685 g/mol. The van der Waals surface area contributed by atoms with E-state index in [4.69, 9.17) is 14.2 Å². The van der Waals surface area contributed by atoms with Crippen LogP contribution >= 0.6 is 0 Å². The van der Waals surface area contributed by atoms with Crippen molar-refractivity contribution >= 4 is 17.9 Å². The molecule has 0 radical (unpaired) electrons. The molecule has 0 amide bonds. The van der Waals surface area contributed by atoms with Crippen molar-refractivity contribution in [2.75, 3.05) is 13.2 Å². The van der Waals surface area contributed by atoms with Gasteiger partial charge in [-0.05, 0) is 44.9 Å². The van der Waals surface area contributed by atoms with Crippen LogP contribution in [-0.4, -0.2) is 37.2 Å². The summed E-state index contributed by atoms with van der Waals surface area (Å²) in [6, 6.07) is 0. The maximum atomic E-state index is 12.7. The van der Waals surface area contributed by atoms with Crippen molar-refractivity contribution in [3.8, 4) is 0 Å². The number of carbonyl (C=O) groups excluding carboxylic acids is 3. The number of hydrogen-bond acceptors (Lipinski definition) is 6. The Balaban J connectivity index is 4.12. The Kier molecular flexibility index (Phi) is 43.4. The second-order valence-corrected chi connectivity index (χ2v) is 16.4. The Morgan fingerprint density at radius 1 is 0.345 bits per heavy atom. The molecule has 0 aromatic heterocycles. The van der Waals surface area contributed by atoms with Gasteiger partial charge >= 0.3 is 17.9 Å². The van der Waals surface area contributed by atoms with Gasteiger partial charge in [-0.15, -0.1) is 0 Å². The third-order valence-electron chi connectivity index (χ3n) is 10.8. The zero-order valence-electron chi connectivity index (χ0n) is 37.0. The van der Waals surface area contributed by atoms with Gasteiger partial charge in [0, 0.05) is 19.3 Å². The zero-order chi connectivity index (χ0) is 40.1. The summed E-state index contributed by atoms with van der Waals surface area (Å²) in [4.78, 5) is 37.5. The minimum absolute atomic E-state index is 0.0698. The number of ether oxygens (including phenoxy) is 3. The van der Waals surface area contributed by atoms with Crippen molar-refractivity contribution < 1.29 is 28.6 Å². The summed E-state index contributed by atoms with van der Waals surface area (Å²) in [7, 11) is 0. The summed E-state index contributed by atoms with van der Waals surface area (Å²) in [6.07, 6.45) is 48.0. The predicted molar refractivity (Wildman–Crippen MR) is 233 cm³/mol. The van der Waals surface area contributed by atoms with E-state index in [-0.39, 0.29) is 31.1 Å². The number of hydrogen-bond donors (Lipinski definition) is 0. The Morgan fingerprint density at radius 2 is 0.600 bits per heavy atom. The first kappa shape index (κ1) is 53.1. The van der Waals surface area contributed by atoms with Crippen molar-refractivity contribution in [2.24, 2.45) is 0 Å². The molecule has 324 valence electrons. The van der Waals surface area contributed by atoms with Crippen LogP contribution in [0, 0.1) is 0 Å². The molecule has 6 heteroatoms. The van der Waals surface area contributed by atoms with E-state index in [0.29, 0.717) is 19.3 Å². The van der Waals surface area contributed by atoms with Crippen LogP contribution in [0.25, 0.3) is 0 Å². The van der Waals surface area contributed by atoms with E-state index >= 15 is 0 Å². The van der Waals surface area contributed by atoms with Crippen LogP contribution in [-0.2, 0) is 28.6 Å². The van der Waals surface area contributed by atoms with Gasteiger partial charge in [0.05, 0.1) is 0 Å². The van der Waals surface area contributed by atoms with Gasteiger partial charge in [0.15, 0.2) is 6.10 Å². The van der Waals surface area contributed by atoms with Gasteiger partial charge in [-0.1, -0.05) is 213 Å². The van der Waals surface area contributed by atoms with E-state index in [1.54, 1.807) is 0 Å². The maximum absolute atomic E-state index is 12.7. The molecule has 0 rings (SSSR count). The molecule has 0 aliphatic rings. The molecule has 55 heavy (non-hydrogen) atoms. The van der Waals surface area contributed by atoms with Crippen molar-refractivity contribution in [2.45, 2.75) is 271 Å². The second-order valence-electron chi connectivity index (χ2n) is 16.4. The average Bonchev–Trinajstić information content (AvgIpc) is 3.18. The minimum Gasteiger partial charge on any atom is -0.462 e. The Morgan fingerprint density at radius 3 is 0.927 bits per heavy atom. The van der Waals surface area contributed by atoms with E-state index < -0.39 is 6.10 Å². The lowest BCUT2D eigenvalue weighted by atomic mass is 10.0. The van der Waals surface area contributed by atoms with Crippen molar-refractivity contribution in [1.82, 2.24) is 0 Å². The van der Waals surface area contributed by atoms with E-state index in [0.717, 1.165) is 70.6 Å². The highest BCUT2D eigenvalue weighted by Crippen LogP contribution is 2.16. The maximum Gasteiger partial charge on any atom is 0.306 e. The fourth-order valence-corrected chi connectivity index (χ4v) is 7.08. The Hall–Kier alpha value is -1.85. The van der Waals surface area contributed by atoms with Gasteiger partial charge in [-0.2, -0.15) is 0 Å². The first-order valence-electron chi connectivity index (χ1n) is 24.2. The molecule has 0 aromatic rings. The summed E-state index contributed by atoms with van der Waals surface area (Å²) >= 11 is 0. The third-order valence-corrected chi connectivity index (χ3v) is 10.8. The summed E-state index contributed by atoms with van der Waals surface area (Å²) in [6.45, 7) is 6.56. The summed E-state index contributed by atoms with van der Waals surface area (Å²) in [5, 5.41) is 0. The molecule has 6 nitrogen and oxygen atoms in total. The highest BCUT2D eigenvalue weighted by molar-refractivity contribution is 5.71. The molecule has 0 saturated heterocycles.